The predicted molar refractivity (Wildman–Crippen MR) is 128 cm³/mol. The highest BCUT2D eigenvalue weighted by Gasteiger charge is 2.16. The highest BCUT2D eigenvalue weighted by molar-refractivity contribution is 5.72. The number of aryl methyl sites for hydroxylation is 1. The summed E-state index contributed by atoms with van der Waals surface area (Å²) in [6, 6.07) is 7.80. The molecule has 4 rings (SSSR count). The average Bonchev–Trinajstić information content (AvgIpc) is 3.43. The van der Waals surface area contributed by atoms with E-state index in [1.54, 1.807) is 22.4 Å². The fourth-order valence-corrected chi connectivity index (χ4v) is 4.28. The molecule has 0 radical (unpaired) electrons. The van der Waals surface area contributed by atoms with E-state index in [2.05, 4.69) is 22.1 Å². The first-order chi connectivity index (χ1) is 15.7. The van der Waals surface area contributed by atoms with Crippen molar-refractivity contribution >= 4 is 17.1 Å². The molecule has 1 aliphatic rings. The zero-order valence-corrected chi connectivity index (χ0v) is 19.2. The second-order valence-electron chi connectivity index (χ2n) is 8.45. The molecule has 8 nitrogen and oxygen atoms in total. The maximum atomic E-state index is 13.2. The molecule has 0 unspecified atom stereocenters. The topological polar surface area (TPSA) is 77.2 Å². The number of ether oxygens (including phenoxy) is 1. The van der Waals surface area contributed by atoms with Crippen molar-refractivity contribution in [2.45, 2.75) is 52.1 Å². The molecule has 1 saturated heterocycles. The minimum absolute atomic E-state index is 0.0373. The Balaban J connectivity index is 1.55. The van der Waals surface area contributed by atoms with Crippen molar-refractivity contribution in [1.82, 2.24) is 24.0 Å². The Morgan fingerprint density at radius 1 is 1.06 bits per heavy atom. The monoisotopic (exact) mass is 438 g/mol. The van der Waals surface area contributed by atoms with Gasteiger partial charge in [0.2, 0.25) is 5.95 Å². The Morgan fingerprint density at radius 3 is 2.56 bits per heavy atom. The van der Waals surface area contributed by atoms with Crippen LogP contribution in [-0.2, 0) is 13.1 Å². The number of anilines is 1. The molecule has 1 N–H and O–H groups in total. The SMILES string of the molecule is CCCCn1c(=O)n(Cc2ccc(OC)cc2)c2nc(NCCCN3CCCC3)ncc21. The van der Waals surface area contributed by atoms with Gasteiger partial charge in [0.15, 0.2) is 5.65 Å². The second kappa shape index (κ2) is 10.6. The number of rotatable bonds is 11. The standard InChI is InChI=1S/C24H34N6O2/c1-3-4-16-29-21-17-26-23(25-12-7-15-28-13-5-6-14-28)27-22(21)30(24(29)31)18-19-8-10-20(32-2)11-9-19/h8-11,17H,3-7,12-16,18H2,1-2H3,(H,25,26,27). The van der Waals surface area contributed by atoms with Gasteiger partial charge < -0.3 is 15.0 Å². The first kappa shape index (κ1) is 22.3. The van der Waals surface area contributed by atoms with Crippen LogP contribution >= 0.6 is 0 Å². The Labute approximate surface area is 189 Å². The second-order valence-corrected chi connectivity index (χ2v) is 8.45. The Kier molecular flexibility index (Phi) is 7.42. The van der Waals surface area contributed by atoms with Crippen molar-refractivity contribution in [1.29, 1.82) is 0 Å². The predicted octanol–water partition coefficient (Wildman–Crippen LogP) is 3.35. The van der Waals surface area contributed by atoms with Crippen LogP contribution in [-0.4, -0.2) is 57.3 Å². The lowest BCUT2D eigenvalue weighted by molar-refractivity contribution is 0.337. The molecule has 0 amide bonds. The van der Waals surface area contributed by atoms with E-state index in [1.807, 2.05) is 24.3 Å². The van der Waals surface area contributed by atoms with Gasteiger partial charge in [-0.2, -0.15) is 4.98 Å². The van der Waals surface area contributed by atoms with Crippen LogP contribution in [0.15, 0.2) is 35.3 Å². The minimum atomic E-state index is -0.0373. The van der Waals surface area contributed by atoms with Gasteiger partial charge >= 0.3 is 5.69 Å². The van der Waals surface area contributed by atoms with Crippen LogP contribution in [0.1, 0.15) is 44.6 Å². The number of unbranched alkanes of at least 4 members (excludes halogenated alkanes) is 1. The quantitative estimate of drug-likeness (QED) is 0.463. The van der Waals surface area contributed by atoms with Gasteiger partial charge in [-0.15, -0.1) is 0 Å². The van der Waals surface area contributed by atoms with Crippen molar-refractivity contribution in [2.75, 3.05) is 38.6 Å². The molecule has 0 atom stereocenters. The summed E-state index contributed by atoms with van der Waals surface area (Å²) >= 11 is 0. The molecule has 2 aromatic heterocycles. The van der Waals surface area contributed by atoms with Gasteiger partial charge in [-0.1, -0.05) is 25.5 Å². The van der Waals surface area contributed by atoms with Gasteiger partial charge in [-0.3, -0.25) is 9.13 Å². The van der Waals surface area contributed by atoms with E-state index in [0.29, 0.717) is 24.7 Å². The van der Waals surface area contributed by atoms with Crippen molar-refractivity contribution < 1.29 is 4.74 Å². The highest BCUT2D eigenvalue weighted by Crippen LogP contribution is 2.17. The van der Waals surface area contributed by atoms with E-state index in [0.717, 1.165) is 49.2 Å². The molecule has 1 aromatic carbocycles. The van der Waals surface area contributed by atoms with E-state index in [4.69, 9.17) is 9.72 Å². The number of nitrogens with zero attached hydrogens (tertiary/aromatic N) is 5. The van der Waals surface area contributed by atoms with Gasteiger partial charge in [0.05, 0.1) is 19.9 Å². The molecule has 1 aliphatic heterocycles. The number of aromatic nitrogens is 4. The Bertz CT molecular complexity index is 1070. The molecular weight excluding hydrogens is 404 g/mol. The fraction of sp³-hybridized carbons (Fsp3) is 0.542. The van der Waals surface area contributed by atoms with E-state index in [9.17, 15) is 4.79 Å². The lowest BCUT2D eigenvalue weighted by atomic mass is 10.2. The molecular formula is C24H34N6O2. The van der Waals surface area contributed by atoms with Crippen molar-refractivity contribution in [2.24, 2.45) is 0 Å². The largest absolute Gasteiger partial charge is 0.497 e. The summed E-state index contributed by atoms with van der Waals surface area (Å²) in [5.74, 6) is 1.38. The zero-order chi connectivity index (χ0) is 22.3. The number of benzene rings is 1. The van der Waals surface area contributed by atoms with Crippen molar-refractivity contribution in [3.8, 4) is 5.75 Å². The molecule has 1 fully saturated rings. The summed E-state index contributed by atoms with van der Waals surface area (Å²) in [6.07, 6.45) is 7.43. The first-order valence-corrected chi connectivity index (χ1v) is 11.7. The molecule has 3 heterocycles. The van der Waals surface area contributed by atoms with Crippen molar-refractivity contribution in [3.63, 3.8) is 0 Å². The third kappa shape index (κ3) is 5.12. The van der Waals surface area contributed by atoms with E-state index < -0.39 is 0 Å². The van der Waals surface area contributed by atoms with Gasteiger partial charge in [-0.25, -0.2) is 9.78 Å². The maximum Gasteiger partial charge on any atom is 0.330 e. The number of fused-ring (bicyclic) bond motifs is 1. The number of imidazole rings is 1. The molecule has 0 bridgehead atoms. The molecule has 0 saturated carbocycles. The van der Waals surface area contributed by atoms with Gasteiger partial charge in [0, 0.05) is 13.1 Å². The summed E-state index contributed by atoms with van der Waals surface area (Å²) in [4.78, 5) is 25.0. The lowest BCUT2D eigenvalue weighted by Crippen LogP contribution is -2.25. The zero-order valence-electron chi connectivity index (χ0n) is 19.2. The van der Waals surface area contributed by atoms with Crippen LogP contribution in [0.5, 0.6) is 5.75 Å². The first-order valence-electron chi connectivity index (χ1n) is 11.7. The average molecular weight is 439 g/mol. The number of hydrogen-bond donors (Lipinski definition) is 1. The summed E-state index contributed by atoms with van der Waals surface area (Å²) < 4.78 is 8.81. The smallest absolute Gasteiger partial charge is 0.330 e. The van der Waals surface area contributed by atoms with Crippen LogP contribution in [0.3, 0.4) is 0 Å². The summed E-state index contributed by atoms with van der Waals surface area (Å²) in [5.41, 5.74) is 2.46. The number of methoxy groups -OCH3 is 1. The third-order valence-electron chi connectivity index (χ3n) is 6.13. The number of likely N-dealkylation sites (tertiary alicyclic amines) is 1. The molecule has 8 heteroatoms. The Morgan fingerprint density at radius 2 is 1.84 bits per heavy atom. The van der Waals surface area contributed by atoms with Crippen LogP contribution in [0.25, 0.3) is 11.2 Å². The number of nitrogens with one attached hydrogen (secondary N) is 1. The molecule has 0 spiro atoms. The van der Waals surface area contributed by atoms with E-state index >= 15 is 0 Å². The van der Waals surface area contributed by atoms with Crippen LogP contribution in [0.2, 0.25) is 0 Å². The van der Waals surface area contributed by atoms with E-state index in [-0.39, 0.29) is 5.69 Å². The van der Waals surface area contributed by atoms with Crippen molar-refractivity contribution in [3.05, 3.63) is 46.5 Å². The number of hydrogen-bond acceptors (Lipinski definition) is 6. The third-order valence-corrected chi connectivity index (χ3v) is 6.13. The van der Waals surface area contributed by atoms with Gasteiger partial charge in [0.25, 0.3) is 0 Å². The van der Waals surface area contributed by atoms with Crippen LogP contribution in [0.4, 0.5) is 5.95 Å². The van der Waals surface area contributed by atoms with Crippen LogP contribution < -0.4 is 15.7 Å². The summed E-state index contributed by atoms with van der Waals surface area (Å²) in [7, 11) is 1.65. The molecule has 172 valence electrons. The van der Waals surface area contributed by atoms with Gasteiger partial charge in [-0.05, 0) is 63.0 Å². The molecule has 0 aliphatic carbocycles. The molecule has 32 heavy (non-hydrogen) atoms. The summed E-state index contributed by atoms with van der Waals surface area (Å²) in [5, 5.41) is 3.35. The Hall–Kier alpha value is -2.87. The van der Waals surface area contributed by atoms with E-state index in [1.165, 1.54) is 25.9 Å². The van der Waals surface area contributed by atoms with Gasteiger partial charge in [0.1, 0.15) is 11.3 Å². The molecule has 3 aromatic rings. The highest BCUT2D eigenvalue weighted by atomic mass is 16.5. The lowest BCUT2D eigenvalue weighted by Gasteiger charge is -2.14. The minimum Gasteiger partial charge on any atom is -0.497 e. The fourth-order valence-electron chi connectivity index (χ4n) is 4.28. The van der Waals surface area contributed by atoms with Crippen LogP contribution in [0, 0.1) is 0 Å². The summed E-state index contributed by atoms with van der Waals surface area (Å²) in [6.45, 7) is 7.61. The maximum absolute atomic E-state index is 13.2. The normalized spacial score (nSPS) is 14.3.